The summed E-state index contributed by atoms with van der Waals surface area (Å²) in [5, 5.41) is 3.16. The van der Waals surface area contributed by atoms with Crippen LogP contribution in [-0.4, -0.2) is 30.6 Å². The van der Waals surface area contributed by atoms with Crippen LogP contribution in [0.25, 0.3) is 0 Å². The zero-order valence-corrected chi connectivity index (χ0v) is 15.4. The number of Topliss-reactive ketones (excluding diaryl/α,β-unsaturated/α-hetero) is 1. The molecule has 0 aromatic heterocycles. The van der Waals surface area contributed by atoms with Crippen molar-refractivity contribution in [2.24, 2.45) is 0 Å². The highest BCUT2D eigenvalue weighted by Crippen LogP contribution is 2.25. The molecule has 1 aliphatic carbocycles. The van der Waals surface area contributed by atoms with Crippen molar-refractivity contribution in [3.63, 3.8) is 0 Å². The van der Waals surface area contributed by atoms with E-state index in [1.807, 2.05) is 12.1 Å². The molecular formula is C19H27NO3S. The van der Waals surface area contributed by atoms with Gasteiger partial charge in [-0.1, -0.05) is 25.7 Å². The summed E-state index contributed by atoms with van der Waals surface area (Å²) in [6, 6.07) is 5.79. The molecule has 2 rings (SSSR count). The van der Waals surface area contributed by atoms with Crippen LogP contribution in [0.4, 0.5) is 0 Å². The molecule has 0 spiro atoms. The molecule has 0 heterocycles. The molecule has 4 nitrogen and oxygen atoms in total. The van der Waals surface area contributed by atoms with Crippen molar-refractivity contribution < 1.29 is 14.3 Å². The molecule has 0 aliphatic heterocycles. The second kappa shape index (κ2) is 9.72. The topological polar surface area (TPSA) is 55.4 Å². The molecule has 1 fully saturated rings. The molecule has 5 heteroatoms. The van der Waals surface area contributed by atoms with Gasteiger partial charge in [0.05, 0.1) is 12.9 Å². The fraction of sp³-hybridized carbons (Fsp3) is 0.579. The lowest BCUT2D eigenvalue weighted by molar-refractivity contribution is -0.119. The van der Waals surface area contributed by atoms with Gasteiger partial charge in [0.25, 0.3) is 0 Å². The lowest BCUT2D eigenvalue weighted by Crippen LogP contribution is -2.35. The summed E-state index contributed by atoms with van der Waals surface area (Å²) in [7, 11) is 1.62. The largest absolute Gasteiger partial charge is 0.496 e. The monoisotopic (exact) mass is 349 g/mol. The molecule has 0 bridgehead atoms. The number of carbonyl (C=O) groups excluding carboxylic acids is 2. The Hall–Kier alpha value is -1.49. The van der Waals surface area contributed by atoms with Crippen molar-refractivity contribution in [2.75, 3.05) is 12.9 Å². The smallest absolute Gasteiger partial charge is 0.230 e. The maximum Gasteiger partial charge on any atom is 0.230 e. The second-order valence-corrected chi connectivity index (χ2v) is 7.32. The fourth-order valence-electron chi connectivity index (χ4n) is 3.06. The van der Waals surface area contributed by atoms with E-state index in [0.717, 1.165) is 24.2 Å². The van der Waals surface area contributed by atoms with Gasteiger partial charge in [-0.25, -0.2) is 0 Å². The average molecular weight is 349 g/mol. The van der Waals surface area contributed by atoms with Crippen LogP contribution in [0.3, 0.4) is 0 Å². The number of ether oxygens (including phenoxy) is 1. The molecular weight excluding hydrogens is 322 g/mol. The molecule has 0 atom stereocenters. The first-order chi connectivity index (χ1) is 11.6. The number of amides is 1. The minimum absolute atomic E-state index is 0.0370. The number of rotatable bonds is 7. The first-order valence-electron chi connectivity index (χ1n) is 8.65. The highest BCUT2D eigenvalue weighted by Gasteiger charge is 2.15. The second-order valence-electron chi connectivity index (χ2n) is 6.33. The highest BCUT2D eigenvalue weighted by atomic mass is 32.2. The summed E-state index contributed by atoms with van der Waals surface area (Å²) in [5.41, 5.74) is 1.63. The zero-order valence-electron chi connectivity index (χ0n) is 14.6. The summed E-state index contributed by atoms with van der Waals surface area (Å²) < 4.78 is 5.35. The number of carbonyl (C=O) groups is 2. The van der Waals surface area contributed by atoms with Gasteiger partial charge in [-0.2, -0.15) is 0 Å². The standard InChI is InChI=1S/C19H27NO3S/c1-14(21)15-9-10-18(23-2)16(11-15)12-24-13-19(22)20-17-7-5-3-4-6-8-17/h9-11,17H,3-8,12-13H2,1-2H3,(H,20,22). The molecule has 0 saturated heterocycles. The Labute approximate surface area is 148 Å². The van der Waals surface area contributed by atoms with E-state index < -0.39 is 0 Å². The van der Waals surface area contributed by atoms with E-state index in [1.165, 1.54) is 25.7 Å². The van der Waals surface area contributed by atoms with Crippen LogP contribution in [-0.2, 0) is 10.5 Å². The van der Waals surface area contributed by atoms with Crippen LogP contribution in [0.15, 0.2) is 18.2 Å². The van der Waals surface area contributed by atoms with Crippen molar-refractivity contribution >= 4 is 23.5 Å². The lowest BCUT2D eigenvalue weighted by atomic mass is 10.1. The van der Waals surface area contributed by atoms with Gasteiger partial charge < -0.3 is 10.1 Å². The fourth-order valence-corrected chi connectivity index (χ4v) is 3.87. The Morgan fingerprint density at radius 2 is 1.92 bits per heavy atom. The number of thioether (sulfide) groups is 1. The maximum atomic E-state index is 12.1. The predicted octanol–water partition coefficient (Wildman–Crippen LogP) is 3.97. The molecule has 1 aliphatic rings. The number of hydrogen-bond donors (Lipinski definition) is 1. The Bertz CT molecular complexity index is 566. The Kier molecular flexibility index (Phi) is 7.63. The lowest BCUT2D eigenvalue weighted by Gasteiger charge is -2.16. The van der Waals surface area contributed by atoms with E-state index in [4.69, 9.17) is 4.74 Å². The van der Waals surface area contributed by atoms with Gasteiger partial charge in [-0.15, -0.1) is 11.8 Å². The van der Waals surface area contributed by atoms with Crippen molar-refractivity contribution in [3.05, 3.63) is 29.3 Å². The Morgan fingerprint density at radius 3 is 2.54 bits per heavy atom. The van der Waals surface area contributed by atoms with Crippen LogP contribution < -0.4 is 10.1 Å². The predicted molar refractivity (Wildman–Crippen MR) is 98.8 cm³/mol. The van der Waals surface area contributed by atoms with Crippen molar-refractivity contribution in [1.82, 2.24) is 5.32 Å². The number of nitrogens with one attached hydrogen (secondary N) is 1. The van der Waals surface area contributed by atoms with Crippen molar-refractivity contribution in [2.45, 2.75) is 57.2 Å². The summed E-state index contributed by atoms with van der Waals surface area (Å²) in [6.07, 6.45) is 7.21. The highest BCUT2D eigenvalue weighted by molar-refractivity contribution is 7.99. The first-order valence-corrected chi connectivity index (χ1v) is 9.80. The SMILES string of the molecule is COc1ccc(C(C)=O)cc1CSCC(=O)NC1CCCCCC1. The van der Waals surface area contributed by atoms with E-state index in [9.17, 15) is 9.59 Å². The summed E-state index contributed by atoms with van der Waals surface area (Å²) in [6.45, 7) is 1.55. The Balaban J connectivity index is 1.83. The van der Waals surface area contributed by atoms with Crippen LogP contribution in [0.5, 0.6) is 5.75 Å². The maximum absolute atomic E-state index is 12.1. The minimum atomic E-state index is 0.0370. The third-order valence-corrected chi connectivity index (χ3v) is 5.38. The van der Waals surface area contributed by atoms with E-state index in [-0.39, 0.29) is 11.7 Å². The summed E-state index contributed by atoms with van der Waals surface area (Å²) in [4.78, 5) is 23.6. The van der Waals surface area contributed by atoms with E-state index in [2.05, 4.69) is 5.32 Å². The van der Waals surface area contributed by atoms with E-state index in [0.29, 0.717) is 23.1 Å². The van der Waals surface area contributed by atoms with Gasteiger partial charge in [0.15, 0.2) is 5.78 Å². The molecule has 24 heavy (non-hydrogen) atoms. The minimum Gasteiger partial charge on any atom is -0.496 e. The molecule has 1 amide bonds. The normalized spacial score (nSPS) is 15.6. The van der Waals surface area contributed by atoms with Gasteiger partial charge in [-0.05, 0) is 38.0 Å². The quantitative estimate of drug-likeness (QED) is 0.598. The third kappa shape index (κ3) is 5.86. The van der Waals surface area contributed by atoms with Crippen LogP contribution in [0.2, 0.25) is 0 Å². The zero-order chi connectivity index (χ0) is 17.4. The Morgan fingerprint density at radius 1 is 1.21 bits per heavy atom. The molecule has 1 aromatic carbocycles. The van der Waals surface area contributed by atoms with Crippen molar-refractivity contribution in [3.8, 4) is 5.75 Å². The van der Waals surface area contributed by atoms with E-state index >= 15 is 0 Å². The van der Waals surface area contributed by atoms with Crippen LogP contribution in [0, 0.1) is 0 Å². The average Bonchev–Trinajstić information content (AvgIpc) is 2.83. The summed E-state index contributed by atoms with van der Waals surface area (Å²) >= 11 is 1.55. The molecule has 1 saturated carbocycles. The van der Waals surface area contributed by atoms with Crippen molar-refractivity contribution in [1.29, 1.82) is 0 Å². The number of methoxy groups -OCH3 is 1. The van der Waals surface area contributed by atoms with Gasteiger partial charge in [0.1, 0.15) is 5.75 Å². The summed E-state index contributed by atoms with van der Waals surface area (Å²) in [5.74, 6) is 1.99. The van der Waals surface area contributed by atoms with Gasteiger partial charge in [0, 0.05) is 22.9 Å². The number of benzene rings is 1. The number of hydrogen-bond acceptors (Lipinski definition) is 4. The molecule has 0 unspecified atom stereocenters. The molecule has 1 N–H and O–H groups in total. The van der Waals surface area contributed by atoms with Gasteiger partial charge in [0.2, 0.25) is 5.91 Å². The number of ketones is 1. The molecule has 132 valence electrons. The van der Waals surface area contributed by atoms with Crippen LogP contribution >= 0.6 is 11.8 Å². The molecule has 1 aromatic rings. The third-order valence-electron chi connectivity index (χ3n) is 4.40. The first kappa shape index (κ1) is 18.8. The van der Waals surface area contributed by atoms with Gasteiger partial charge in [-0.3, -0.25) is 9.59 Å². The molecule has 0 radical (unpaired) electrons. The van der Waals surface area contributed by atoms with E-state index in [1.54, 1.807) is 31.9 Å². The van der Waals surface area contributed by atoms with Crippen LogP contribution in [0.1, 0.15) is 61.4 Å². The van der Waals surface area contributed by atoms with Gasteiger partial charge >= 0.3 is 0 Å².